The van der Waals surface area contributed by atoms with Gasteiger partial charge in [0.25, 0.3) is 0 Å². The van der Waals surface area contributed by atoms with Gasteiger partial charge in [-0.2, -0.15) is 0 Å². The molecule has 0 aromatic heterocycles. The van der Waals surface area contributed by atoms with Crippen LogP contribution in [0, 0.1) is 6.92 Å². The molecule has 222 valence electrons. The molecule has 0 aliphatic carbocycles. The Balaban J connectivity index is 1.68. The molecule has 0 saturated carbocycles. The molecule has 2 aliphatic rings. The Morgan fingerprint density at radius 2 is 0.886 bits per heavy atom. The van der Waals surface area contributed by atoms with Crippen LogP contribution in [-0.2, 0) is 34.4 Å². The van der Waals surface area contributed by atoms with Gasteiger partial charge in [-0.3, -0.25) is 0 Å². The highest BCUT2D eigenvalue weighted by atomic mass is 32.4. The molecule has 1 nitrogen and oxygen atoms in total. The van der Waals surface area contributed by atoms with Crippen molar-refractivity contribution in [1.82, 2.24) is 0 Å². The minimum atomic E-state index is -2.45. The number of nitrogens with zero attached hydrogens (tertiary/aromatic N) is 1. The van der Waals surface area contributed by atoms with E-state index in [9.17, 15) is 0 Å². The first kappa shape index (κ1) is 29.9. The van der Waals surface area contributed by atoms with Gasteiger partial charge in [0.2, 0.25) is 0 Å². The average molecular weight is 648 g/mol. The van der Waals surface area contributed by atoms with E-state index >= 15 is 0 Å². The lowest BCUT2D eigenvalue weighted by atomic mass is 9.86. The van der Waals surface area contributed by atoms with E-state index in [1.54, 1.807) is 0 Å². The van der Waals surface area contributed by atoms with E-state index < -0.39 is 12.1 Å². The maximum atomic E-state index is 7.08. The number of benzene rings is 5. The smallest absolute Gasteiger partial charge is 0.0643 e. The zero-order chi connectivity index (χ0) is 31.2. The normalized spacial score (nSPS) is 20.5. The Morgan fingerprint density at radius 3 is 1.25 bits per heavy atom. The van der Waals surface area contributed by atoms with Crippen molar-refractivity contribution in [3.05, 3.63) is 126 Å². The number of rotatable bonds is 2. The molecule has 2 heterocycles. The molecule has 0 N–H and O–H groups in total. The predicted molar refractivity (Wildman–Crippen MR) is 203 cm³/mol. The van der Waals surface area contributed by atoms with Gasteiger partial charge >= 0.3 is 0 Å². The van der Waals surface area contributed by atoms with Crippen molar-refractivity contribution in [2.45, 2.75) is 59.3 Å². The number of fused-ring (bicyclic) bond motifs is 4. The minimum absolute atomic E-state index is 0.0000482. The third-order valence-corrected chi connectivity index (χ3v) is 19.0. The Bertz CT molecular complexity index is 1910. The van der Waals surface area contributed by atoms with E-state index in [0.717, 1.165) is 0 Å². The van der Waals surface area contributed by atoms with Crippen molar-refractivity contribution in [2.24, 2.45) is 0 Å². The molecule has 0 spiro atoms. The van der Waals surface area contributed by atoms with E-state index in [2.05, 4.69) is 163 Å². The summed E-state index contributed by atoms with van der Waals surface area (Å²) in [7, 11) is 0. The van der Waals surface area contributed by atoms with Gasteiger partial charge in [0.15, 0.2) is 0 Å². The first-order chi connectivity index (χ1) is 20.8. The van der Waals surface area contributed by atoms with E-state index in [1.807, 2.05) is 0 Å². The summed E-state index contributed by atoms with van der Waals surface area (Å²) in [5, 5.41) is 7.55. The zero-order valence-corrected chi connectivity index (χ0v) is 30.0. The highest BCUT2D eigenvalue weighted by Crippen LogP contribution is 2.61. The van der Waals surface area contributed by atoms with Gasteiger partial charge in [0.05, 0.1) is 17.1 Å². The van der Waals surface area contributed by atoms with Crippen LogP contribution in [0.25, 0.3) is 0 Å². The molecule has 0 radical (unpaired) electrons. The van der Waals surface area contributed by atoms with Crippen LogP contribution < -0.4 is 36.7 Å². The highest BCUT2D eigenvalue weighted by Gasteiger charge is 2.46. The molecular formula is C39H39NP2S2. The Labute approximate surface area is 273 Å². The minimum Gasteiger partial charge on any atom is -0.308 e. The summed E-state index contributed by atoms with van der Waals surface area (Å²) in [6, 6.07) is 35.8. The van der Waals surface area contributed by atoms with Crippen LogP contribution in [0.1, 0.15) is 58.2 Å². The van der Waals surface area contributed by atoms with Crippen molar-refractivity contribution >= 4 is 84.6 Å². The van der Waals surface area contributed by atoms with Crippen molar-refractivity contribution in [2.75, 3.05) is 4.90 Å². The number of anilines is 3. The molecule has 5 aromatic carbocycles. The van der Waals surface area contributed by atoms with Crippen LogP contribution in [0.4, 0.5) is 17.1 Å². The average Bonchev–Trinajstić information content (AvgIpc) is 3.00. The Morgan fingerprint density at radius 1 is 0.500 bits per heavy atom. The molecule has 2 unspecified atom stereocenters. The largest absolute Gasteiger partial charge is 0.308 e. The lowest BCUT2D eigenvalue weighted by molar-refractivity contribution is 0.590. The first-order valence-corrected chi connectivity index (χ1v) is 20.9. The molecule has 0 amide bonds. The molecule has 0 saturated heterocycles. The second kappa shape index (κ2) is 10.1. The van der Waals surface area contributed by atoms with Crippen molar-refractivity contribution in [3.8, 4) is 0 Å². The molecule has 5 aromatic rings. The zero-order valence-electron chi connectivity index (χ0n) is 26.6. The molecule has 5 heteroatoms. The van der Waals surface area contributed by atoms with Crippen molar-refractivity contribution < 1.29 is 0 Å². The van der Waals surface area contributed by atoms with Crippen LogP contribution >= 0.6 is 12.1 Å². The fourth-order valence-corrected chi connectivity index (χ4v) is 15.6. The standard InChI is InChI=1S/C39H39NP2S2/c1-26-22-35-37-36(23-26)42(44,30-16-12-9-13-17-30)34-25-28(39(5,6)7)19-21-32(34)40(37)31-20-18-27(38(2,3)4)24-33(31)41(35,43)29-14-10-8-11-15-29/h8-25H,1-7H3. The predicted octanol–water partition coefficient (Wildman–Crippen LogP) is 8.20. The van der Waals surface area contributed by atoms with Crippen molar-refractivity contribution in [3.63, 3.8) is 0 Å². The molecule has 44 heavy (non-hydrogen) atoms. The van der Waals surface area contributed by atoms with Crippen LogP contribution in [0.2, 0.25) is 0 Å². The maximum Gasteiger partial charge on any atom is 0.0643 e. The Kier molecular flexibility index (Phi) is 6.86. The lowest BCUT2D eigenvalue weighted by Gasteiger charge is -2.47. The van der Waals surface area contributed by atoms with Crippen LogP contribution in [0.3, 0.4) is 0 Å². The van der Waals surface area contributed by atoms with E-state index in [-0.39, 0.29) is 10.8 Å². The maximum absolute atomic E-state index is 7.08. The highest BCUT2D eigenvalue weighted by molar-refractivity contribution is 8.27. The van der Waals surface area contributed by atoms with Crippen molar-refractivity contribution in [1.29, 1.82) is 0 Å². The molecular weight excluding hydrogens is 609 g/mol. The summed E-state index contributed by atoms with van der Waals surface area (Å²) >= 11 is 14.2. The summed E-state index contributed by atoms with van der Waals surface area (Å²) < 4.78 is 0. The van der Waals surface area contributed by atoms with E-state index in [4.69, 9.17) is 23.6 Å². The summed E-state index contributed by atoms with van der Waals surface area (Å²) in [5.74, 6) is 0. The topological polar surface area (TPSA) is 3.24 Å². The number of hydrogen-bond donors (Lipinski definition) is 0. The SMILES string of the molecule is Cc1cc2c3c(c1)P(=S)(c1ccccc1)c1cc(C(C)(C)C)ccc1N3c1ccc(C(C)(C)C)cc1P2(=S)c1ccccc1. The fraction of sp³-hybridized carbons (Fsp3) is 0.231. The third-order valence-electron chi connectivity index (χ3n) is 9.20. The second-order valence-corrected chi connectivity index (χ2v) is 23.0. The molecule has 0 fully saturated rings. The van der Waals surface area contributed by atoms with Gasteiger partial charge in [-0.1, -0.05) is 138 Å². The summed E-state index contributed by atoms with van der Waals surface area (Å²) in [4.78, 5) is 2.52. The van der Waals surface area contributed by atoms with Gasteiger partial charge in [-0.05, 0) is 81.5 Å². The quantitative estimate of drug-likeness (QED) is 0.174. The fourth-order valence-electron chi connectivity index (χ4n) is 6.77. The van der Waals surface area contributed by atoms with Gasteiger partial charge < -0.3 is 4.90 Å². The monoisotopic (exact) mass is 647 g/mol. The third kappa shape index (κ3) is 4.31. The van der Waals surface area contributed by atoms with E-state index in [1.165, 1.54) is 65.6 Å². The van der Waals surface area contributed by atoms with Crippen LogP contribution in [-0.4, -0.2) is 0 Å². The summed E-state index contributed by atoms with van der Waals surface area (Å²) in [6.45, 7) is 16.0. The Hall–Kier alpha value is -2.80. The van der Waals surface area contributed by atoms with Crippen LogP contribution in [0.15, 0.2) is 109 Å². The van der Waals surface area contributed by atoms with Gasteiger partial charge in [0.1, 0.15) is 0 Å². The van der Waals surface area contributed by atoms with Crippen LogP contribution in [0.5, 0.6) is 0 Å². The van der Waals surface area contributed by atoms with Gasteiger partial charge in [-0.25, -0.2) is 0 Å². The number of hydrogen-bond acceptors (Lipinski definition) is 3. The van der Waals surface area contributed by atoms with E-state index in [0.29, 0.717) is 0 Å². The number of aryl methyl sites for hydroxylation is 1. The molecule has 0 bridgehead atoms. The second-order valence-electron chi connectivity index (χ2n) is 14.3. The molecule has 2 aliphatic heterocycles. The lowest BCUT2D eigenvalue weighted by Crippen LogP contribution is -2.46. The van der Waals surface area contributed by atoms with Gasteiger partial charge in [-0.15, -0.1) is 0 Å². The summed E-state index contributed by atoms with van der Waals surface area (Å²) in [6.07, 6.45) is 0. The first-order valence-electron chi connectivity index (χ1n) is 15.3. The molecule has 7 rings (SSSR count). The molecule has 2 atom stereocenters. The summed E-state index contributed by atoms with van der Waals surface area (Å²) in [5.41, 5.74) is 7.46. The van der Waals surface area contributed by atoms with Gasteiger partial charge in [0, 0.05) is 33.3 Å².